The molecular formula is C15H15FN2O2S. The Morgan fingerprint density at radius 3 is 3.00 bits per heavy atom. The minimum Gasteiger partial charge on any atom is -0.292 e. The summed E-state index contributed by atoms with van der Waals surface area (Å²) < 4.78 is 13.7. The lowest BCUT2D eigenvalue weighted by Gasteiger charge is -2.33. The molecule has 2 heterocycles. The van der Waals surface area contributed by atoms with Crippen LogP contribution in [0.25, 0.3) is 0 Å². The summed E-state index contributed by atoms with van der Waals surface area (Å²) in [6, 6.07) is 6.59. The van der Waals surface area contributed by atoms with Crippen molar-refractivity contribution in [2.24, 2.45) is 0 Å². The normalized spacial score (nSPS) is 18.5. The third kappa shape index (κ3) is 2.69. The van der Waals surface area contributed by atoms with Crippen molar-refractivity contribution in [3.8, 4) is 0 Å². The highest BCUT2D eigenvalue weighted by Gasteiger charge is 2.25. The number of nitro benzene ring substituents is 1. The van der Waals surface area contributed by atoms with Gasteiger partial charge in [-0.15, -0.1) is 11.3 Å². The number of halogens is 1. The van der Waals surface area contributed by atoms with Crippen LogP contribution < -0.4 is 0 Å². The molecule has 3 rings (SSSR count). The molecule has 1 unspecified atom stereocenters. The van der Waals surface area contributed by atoms with Gasteiger partial charge in [0, 0.05) is 30.1 Å². The molecule has 2 aromatic rings. The maximum atomic E-state index is 13.7. The van der Waals surface area contributed by atoms with Crippen LogP contribution in [-0.2, 0) is 13.0 Å². The molecule has 0 N–H and O–H groups in total. The van der Waals surface area contributed by atoms with Crippen LogP contribution in [0.2, 0.25) is 0 Å². The number of thiophene rings is 1. The summed E-state index contributed by atoms with van der Waals surface area (Å²) in [6.07, 6.45) is 1.01. The third-order valence-electron chi connectivity index (χ3n) is 4.00. The van der Waals surface area contributed by atoms with Gasteiger partial charge in [-0.05, 0) is 42.0 Å². The van der Waals surface area contributed by atoms with Crippen LogP contribution in [0.3, 0.4) is 0 Å². The topological polar surface area (TPSA) is 46.4 Å². The Morgan fingerprint density at radius 1 is 1.48 bits per heavy atom. The first-order valence-electron chi connectivity index (χ1n) is 6.79. The van der Waals surface area contributed by atoms with E-state index in [4.69, 9.17) is 0 Å². The highest BCUT2D eigenvalue weighted by Crippen LogP contribution is 2.33. The highest BCUT2D eigenvalue weighted by molar-refractivity contribution is 7.10. The quantitative estimate of drug-likeness (QED) is 0.638. The van der Waals surface area contributed by atoms with Gasteiger partial charge in [-0.3, -0.25) is 15.0 Å². The zero-order valence-corrected chi connectivity index (χ0v) is 12.4. The van der Waals surface area contributed by atoms with E-state index >= 15 is 0 Å². The fourth-order valence-electron chi connectivity index (χ4n) is 2.81. The average Bonchev–Trinajstić information content (AvgIpc) is 2.91. The molecule has 0 bridgehead atoms. The number of fused-ring (bicyclic) bond motifs is 1. The molecule has 0 spiro atoms. The van der Waals surface area contributed by atoms with Crippen molar-refractivity contribution in [1.82, 2.24) is 4.90 Å². The number of nitrogens with zero attached hydrogens (tertiary/aromatic N) is 2. The van der Waals surface area contributed by atoms with Crippen molar-refractivity contribution >= 4 is 17.0 Å². The first kappa shape index (κ1) is 14.2. The van der Waals surface area contributed by atoms with Crippen molar-refractivity contribution in [3.63, 3.8) is 0 Å². The average molecular weight is 306 g/mol. The van der Waals surface area contributed by atoms with E-state index in [0.717, 1.165) is 18.5 Å². The van der Waals surface area contributed by atoms with Crippen LogP contribution in [0.4, 0.5) is 10.1 Å². The van der Waals surface area contributed by atoms with Crippen LogP contribution in [0.1, 0.15) is 29.0 Å². The van der Waals surface area contributed by atoms with Gasteiger partial charge in [-0.2, -0.15) is 4.39 Å². The largest absolute Gasteiger partial charge is 0.304 e. The Labute approximate surface area is 126 Å². The van der Waals surface area contributed by atoms with Crippen molar-refractivity contribution in [2.75, 3.05) is 6.54 Å². The van der Waals surface area contributed by atoms with Crippen molar-refractivity contribution < 1.29 is 9.31 Å². The van der Waals surface area contributed by atoms with E-state index in [2.05, 4.69) is 23.3 Å². The number of nitro groups is 1. The van der Waals surface area contributed by atoms with Crippen LogP contribution in [0.15, 0.2) is 29.6 Å². The second kappa shape index (κ2) is 5.54. The molecule has 110 valence electrons. The Bertz CT molecular complexity index is 686. The van der Waals surface area contributed by atoms with Gasteiger partial charge < -0.3 is 0 Å². The molecule has 0 saturated carbocycles. The molecule has 1 aromatic heterocycles. The minimum absolute atomic E-state index is 0.290. The zero-order chi connectivity index (χ0) is 15.0. The molecule has 6 heteroatoms. The molecule has 0 radical (unpaired) electrons. The summed E-state index contributed by atoms with van der Waals surface area (Å²) >= 11 is 1.78. The highest BCUT2D eigenvalue weighted by atomic mass is 32.1. The van der Waals surface area contributed by atoms with Crippen LogP contribution in [-0.4, -0.2) is 16.4 Å². The van der Waals surface area contributed by atoms with E-state index in [0.29, 0.717) is 12.6 Å². The Kier molecular flexibility index (Phi) is 3.73. The number of benzene rings is 1. The molecule has 0 aliphatic carbocycles. The number of rotatable bonds is 3. The predicted octanol–water partition coefficient (Wildman–Crippen LogP) is 3.91. The van der Waals surface area contributed by atoms with Crippen molar-refractivity contribution in [2.45, 2.75) is 25.9 Å². The molecule has 0 fully saturated rings. The summed E-state index contributed by atoms with van der Waals surface area (Å²) in [5.41, 5.74) is 1.64. The first-order chi connectivity index (χ1) is 10.1. The van der Waals surface area contributed by atoms with Gasteiger partial charge in [0.15, 0.2) is 0 Å². The summed E-state index contributed by atoms with van der Waals surface area (Å²) in [7, 11) is 0. The molecule has 1 aliphatic rings. The fourth-order valence-corrected chi connectivity index (χ4v) is 3.77. The Balaban J connectivity index is 1.79. The van der Waals surface area contributed by atoms with Crippen molar-refractivity contribution in [1.29, 1.82) is 0 Å². The molecule has 1 aliphatic heterocycles. The summed E-state index contributed by atoms with van der Waals surface area (Å²) in [5, 5.41) is 12.7. The first-order valence-corrected chi connectivity index (χ1v) is 7.67. The number of hydrogen-bond acceptors (Lipinski definition) is 4. The lowest BCUT2D eigenvalue weighted by Crippen LogP contribution is -2.32. The summed E-state index contributed by atoms with van der Waals surface area (Å²) in [5.74, 6) is -0.765. The van der Waals surface area contributed by atoms with E-state index in [1.165, 1.54) is 22.6 Å². The minimum atomic E-state index is -0.765. The summed E-state index contributed by atoms with van der Waals surface area (Å²) in [6.45, 7) is 3.67. The van der Waals surface area contributed by atoms with Gasteiger partial charge >= 0.3 is 5.69 Å². The van der Waals surface area contributed by atoms with Gasteiger partial charge in [0.25, 0.3) is 0 Å². The number of hydrogen-bond donors (Lipinski definition) is 0. The van der Waals surface area contributed by atoms with Gasteiger partial charge in [0.2, 0.25) is 5.82 Å². The smallest absolute Gasteiger partial charge is 0.292 e. The maximum absolute atomic E-state index is 13.7. The molecule has 0 saturated heterocycles. The fraction of sp³-hybridized carbons (Fsp3) is 0.333. The van der Waals surface area contributed by atoms with Crippen LogP contribution in [0.5, 0.6) is 0 Å². The van der Waals surface area contributed by atoms with Crippen LogP contribution >= 0.6 is 11.3 Å². The predicted molar refractivity (Wildman–Crippen MR) is 79.9 cm³/mol. The second-order valence-electron chi connectivity index (χ2n) is 5.24. The molecular weight excluding hydrogens is 291 g/mol. The van der Waals surface area contributed by atoms with E-state index in [1.54, 1.807) is 17.4 Å². The third-order valence-corrected chi connectivity index (χ3v) is 4.99. The molecule has 21 heavy (non-hydrogen) atoms. The van der Waals surface area contributed by atoms with Crippen LogP contribution in [0, 0.1) is 15.9 Å². The van der Waals surface area contributed by atoms with Gasteiger partial charge in [0.05, 0.1) is 4.92 Å². The molecule has 1 aromatic carbocycles. The molecule has 4 nitrogen and oxygen atoms in total. The van der Waals surface area contributed by atoms with Crippen molar-refractivity contribution in [3.05, 3.63) is 61.6 Å². The lowest BCUT2D eigenvalue weighted by atomic mass is 10.0. The van der Waals surface area contributed by atoms with Gasteiger partial charge in [0.1, 0.15) is 0 Å². The Hall–Kier alpha value is -1.79. The lowest BCUT2D eigenvalue weighted by molar-refractivity contribution is -0.387. The standard InChI is InChI=1S/C15H15FN2O2S/c1-10-12-5-7-21-15(12)4-6-17(10)9-11-2-3-14(18(19)20)13(16)8-11/h2-3,5,7-8,10H,4,6,9H2,1H3. The second-order valence-corrected chi connectivity index (χ2v) is 6.24. The Morgan fingerprint density at radius 2 is 2.29 bits per heavy atom. The molecule has 1 atom stereocenters. The summed E-state index contributed by atoms with van der Waals surface area (Å²) in [4.78, 5) is 13.6. The van der Waals surface area contributed by atoms with E-state index in [1.807, 2.05) is 0 Å². The van der Waals surface area contributed by atoms with E-state index in [-0.39, 0.29) is 0 Å². The maximum Gasteiger partial charge on any atom is 0.304 e. The molecule has 0 amide bonds. The van der Waals surface area contributed by atoms with E-state index in [9.17, 15) is 14.5 Å². The van der Waals surface area contributed by atoms with Gasteiger partial charge in [-0.1, -0.05) is 6.07 Å². The zero-order valence-electron chi connectivity index (χ0n) is 11.6. The van der Waals surface area contributed by atoms with E-state index < -0.39 is 16.4 Å². The monoisotopic (exact) mass is 306 g/mol. The van der Waals surface area contributed by atoms with Gasteiger partial charge in [-0.25, -0.2) is 0 Å². The SMILES string of the molecule is CC1c2ccsc2CCN1Cc1ccc([N+](=O)[O-])c(F)c1.